The lowest BCUT2D eigenvalue weighted by Gasteiger charge is -2.32. The molecule has 0 aliphatic carbocycles. The average molecular weight is 423 g/mol. The van der Waals surface area contributed by atoms with Crippen molar-refractivity contribution in [2.24, 2.45) is 0 Å². The topological polar surface area (TPSA) is 48.5 Å². The molecule has 1 amide bonds. The highest BCUT2D eigenvalue weighted by Crippen LogP contribution is 2.27. The smallest absolute Gasteiger partial charge is 0.252 e. The predicted octanol–water partition coefficient (Wildman–Crippen LogP) is 3.84. The van der Waals surface area contributed by atoms with Gasteiger partial charge in [0.15, 0.2) is 0 Å². The van der Waals surface area contributed by atoms with Crippen LogP contribution in [0.1, 0.15) is 15.9 Å². The summed E-state index contributed by atoms with van der Waals surface area (Å²) in [5.41, 5.74) is 4.34. The summed E-state index contributed by atoms with van der Waals surface area (Å²) in [5.74, 6) is -0.0906. The molecule has 1 N–H and O–H groups in total. The van der Waals surface area contributed by atoms with Crippen LogP contribution < -0.4 is 5.32 Å². The maximum absolute atomic E-state index is 13.1. The van der Waals surface area contributed by atoms with Crippen LogP contribution >= 0.6 is 11.6 Å². The van der Waals surface area contributed by atoms with Crippen LogP contribution in [0.3, 0.4) is 0 Å². The molecule has 0 spiro atoms. The van der Waals surface area contributed by atoms with Gasteiger partial charge >= 0.3 is 0 Å². The number of fused-ring (bicyclic) bond motifs is 1. The number of pyridine rings is 1. The Hall–Kier alpha value is -2.47. The van der Waals surface area contributed by atoms with Crippen molar-refractivity contribution in [2.75, 3.05) is 46.3 Å². The van der Waals surface area contributed by atoms with E-state index in [1.165, 1.54) is 5.56 Å². The number of nitrogens with one attached hydrogen (secondary N) is 1. The number of piperazine rings is 1. The van der Waals surface area contributed by atoms with Crippen molar-refractivity contribution in [2.45, 2.75) is 6.92 Å². The van der Waals surface area contributed by atoms with Crippen LogP contribution in [-0.4, -0.2) is 67.0 Å². The highest BCUT2D eigenvalue weighted by Gasteiger charge is 2.16. The van der Waals surface area contributed by atoms with Crippen molar-refractivity contribution in [1.82, 2.24) is 20.1 Å². The SMILES string of the molecule is Cc1ccc(-c2cc(C(=O)NCCN3CCN(C)CC3)c3cc(Cl)ccc3n2)cc1. The normalized spacial score (nSPS) is 15.4. The maximum Gasteiger partial charge on any atom is 0.252 e. The third kappa shape index (κ3) is 4.81. The molecule has 4 rings (SSSR count). The fraction of sp³-hybridized carbons (Fsp3) is 0.333. The van der Waals surface area contributed by atoms with Crippen LogP contribution in [0.15, 0.2) is 48.5 Å². The number of amides is 1. The highest BCUT2D eigenvalue weighted by atomic mass is 35.5. The predicted molar refractivity (Wildman–Crippen MR) is 123 cm³/mol. The standard InChI is InChI=1S/C24H27ClN4O/c1-17-3-5-18(6-4-17)23-16-21(20-15-19(25)7-8-22(20)27-23)24(30)26-9-10-29-13-11-28(2)12-14-29/h3-8,15-16H,9-14H2,1-2H3,(H,26,30). The second kappa shape index (κ2) is 9.13. The van der Waals surface area contributed by atoms with Gasteiger partial charge in [0.05, 0.1) is 16.8 Å². The van der Waals surface area contributed by atoms with Crippen LogP contribution in [0.4, 0.5) is 0 Å². The Morgan fingerprint density at radius 2 is 1.80 bits per heavy atom. The lowest BCUT2D eigenvalue weighted by molar-refractivity contribution is 0.0942. The van der Waals surface area contributed by atoms with Gasteiger partial charge in [0.2, 0.25) is 0 Å². The molecule has 1 aliphatic heterocycles. The van der Waals surface area contributed by atoms with Crippen LogP contribution in [-0.2, 0) is 0 Å². The van der Waals surface area contributed by atoms with E-state index in [0.29, 0.717) is 17.1 Å². The monoisotopic (exact) mass is 422 g/mol. The second-order valence-electron chi connectivity index (χ2n) is 7.98. The summed E-state index contributed by atoms with van der Waals surface area (Å²) in [5, 5.41) is 4.46. The highest BCUT2D eigenvalue weighted by molar-refractivity contribution is 6.31. The summed E-state index contributed by atoms with van der Waals surface area (Å²) in [6.07, 6.45) is 0. The summed E-state index contributed by atoms with van der Waals surface area (Å²) >= 11 is 6.22. The van der Waals surface area contributed by atoms with E-state index in [1.54, 1.807) is 0 Å². The molecule has 0 atom stereocenters. The summed E-state index contributed by atoms with van der Waals surface area (Å²) in [6.45, 7) is 7.75. The quantitative estimate of drug-likeness (QED) is 0.678. The molecule has 156 valence electrons. The molecule has 1 saturated heterocycles. The number of aryl methyl sites for hydroxylation is 1. The molecular formula is C24H27ClN4O. The molecule has 2 heterocycles. The van der Waals surface area contributed by atoms with Gasteiger partial charge in [-0.3, -0.25) is 9.69 Å². The van der Waals surface area contributed by atoms with E-state index >= 15 is 0 Å². The Morgan fingerprint density at radius 1 is 1.07 bits per heavy atom. The number of nitrogens with zero attached hydrogens (tertiary/aromatic N) is 3. The molecule has 2 aromatic carbocycles. The Bertz CT molecular complexity index is 1040. The molecule has 0 bridgehead atoms. The lowest BCUT2D eigenvalue weighted by Crippen LogP contribution is -2.46. The Labute approximate surface area is 182 Å². The van der Waals surface area contributed by atoms with Crippen molar-refractivity contribution >= 4 is 28.4 Å². The van der Waals surface area contributed by atoms with E-state index < -0.39 is 0 Å². The molecule has 30 heavy (non-hydrogen) atoms. The molecular weight excluding hydrogens is 396 g/mol. The van der Waals surface area contributed by atoms with Crippen LogP contribution in [0.2, 0.25) is 5.02 Å². The van der Waals surface area contributed by atoms with E-state index in [1.807, 2.05) is 36.4 Å². The Morgan fingerprint density at radius 3 is 2.53 bits per heavy atom. The van der Waals surface area contributed by atoms with Gasteiger partial charge in [0.1, 0.15) is 0 Å². The number of carbonyl (C=O) groups excluding carboxylic acids is 1. The molecule has 0 saturated carbocycles. The van der Waals surface area contributed by atoms with Crippen molar-refractivity contribution in [3.63, 3.8) is 0 Å². The Kier molecular flexibility index (Phi) is 6.32. The summed E-state index contributed by atoms with van der Waals surface area (Å²) in [7, 11) is 2.14. The molecule has 0 radical (unpaired) electrons. The van der Waals surface area contributed by atoms with Crippen LogP contribution in [0.25, 0.3) is 22.2 Å². The number of aromatic nitrogens is 1. The summed E-state index contributed by atoms with van der Waals surface area (Å²) in [6, 6.07) is 15.6. The largest absolute Gasteiger partial charge is 0.351 e. The zero-order valence-corrected chi connectivity index (χ0v) is 18.2. The lowest BCUT2D eigenvalue weighted by atomic mass is 10.0. The van der Waals surface area contributed by atoms with Crippen molar-refractivity contribution in [1.29, 1.82) is 0 Å². The first-order valence-corrected chi connectivity index (χ1v) is 10.7. The minimum atomic E-state index is -0.0906. The third-order valence-corrected chi connectivity index (χ3v) is 5.91. The first-order valence-electron chi connectivity index (χ1n) is 10.4. The molecule has 1 aromatic heterocycles. The Balaban J connectivity index is 1.57. The van der Waals surface area contributed by atoms with Gasteiger partial charge in [-0.05, 0) is 38.2 Å². The van der Waals surface area contributed by atoms with E-state index in [4.69, 9.17) is 16.6 Å². The number of carbonyl (C=O) groups is 1. The minimum absolute atomic E-state index is 0.0906. The van der Waals surface area contributed by atoms with Gasteiger partial charge in [-0.15, -0.1) is 0 Å². The maximum atomic E-state index is 13.1. The number of rotatable bonds is 5. The van der Waals surface area contributed by atoms with E-state index in [-0.39, 0.29) is 5.91 Å². The van der Waals surface area contributed by atoms with E-state index in [2.05, 4.69) is 41.2 Å². The molecule has 3 aromatic rings. The van der Waals surface area contributed by atoms with Crippen molar-refractivity contribution in [3.05, 3.63) is 64.7 Å². The summed E-state index contributed by atoms with van der Waals surface area (Å²) in [4.78, 5) is 22.6. The van der Waals surface area contributed by atoms with Gasteiger partial charge in [0.25, 0.3) is 5.91 Å². The molecule has 1 fully saturated rings. The van der Waals surface area contributed by atoms with E-state index in [0.717, 1.165) is 54.9 Å². The van der Waals surface area contributed by atoms with Crippen molar-refractivity contribution < 1.29 is 4.79 Å². The van der Waals surface area contributed by atoms with Gasteiger partial charge in [0, 0.05) is 55.2 Å². The van der Waals surface area contributed by atoms with Gasteiger partial charge in [-0.1, -0.05) is 41.4 Å². The van der Waals surface area contributed by atoms with Gasteiger partial charge in [-0.2, -0.15) is 0 Å². The fourth-order valence-electron chi connectivity index (χ4n) is 3.75. The zero-order chi connectivity index (χ0) is 21.1. The first-order chi connectivity index (χ1) is 14.5. The van der Waals surface area contributed by atoms with E-state index in [9.17, 15) is 4.79 Å². The number of hydrogen-bond acceptors (Lipinski definition) is 4. The van der Waals surface area contributed by atoms with Gasteiger partial charge in [-0.25, -0.2) is 4.98 Å². The van der Waals surface area contributed by atoms with Crippen LogP contribution in [0, 0.1) is 6.92 Å². The average Bonchev–Trinajstić information content (AvgIpc) is 2.75. The molecule has 0 unspecified atom stereocenters. The fourth-order valence-corrected chi connectivity index (χ4v) is 3.92. The van der Waals surface area contributed by atoms with Gasteiger partial charge < -0.3 is 10.2 Å². The molecule has 1 aliphatic rings. The zero-order valence-electron chi connectivity index (χ0n) is 17.5. The van der Waals surface area contributed by atoms with Crippen LogP contribution in [0.5, 0.6) is 0 Å². The van der Waals surface area contributed by atoms with Crippen molar-refractivity contribution in [3.8, 4) is 11.3 Å². The minimum Gasteiger partial charge on any atom is -0.351 e. The number of benzene rings is 2. The molecule has 5 nitrogen and oxygen atoms in total. The third-order valence-electron chi connectivity index (χ3n) is 5.67. The summed E-state index contributed by atoms with van der Waals surface area (Å²) < 4.78 is 0. The number of hydrogen-bond donors (Lipinski definition) is 1. The molecule has 6 heteroatoms. The number of halogens is 1. The first kappa shape index (κ1) is 20.8. The number of likely N-dealkylation sites (N-methyl/N-ethyl adjacent to an activating group) is 1. The second-order valence-corrected chi connectivity index (χ2v) is 8.42.